The highest BCUT2D eigenvalue weighted by molar-refractivity contribution is 5.76. The zero-order valence-electron chi connectivity index (χ0n) is 9.20. The smallest absolute Gasteiger partial charge is 0.404 e. The van der Waals surface area contributed by atoms with E-state index in [-0.39, 0.29) is 12.1 Å². The molecule has 1 aromatic rings. The number of alkyl halides is 3. The Hall–Kier alpha value is -2.18. The summed E-state index contributed by atoms with van der Waals surface area (Å²) < 4.78 is 39.6. The van der Waals surface area contributed by atoms with Crippen LogP contribution in [0.1, 0.15) is 12.0 Å². The van der Waals surface area contributed by atoms with Crippen LogP contribution in [0.2, 0.25) is 0 Å². The van der Waals surface area contributed by atoms with Gasteiger partial charge in [-0.3, -0.25) is 4.79 Å². The molecule has 1 rings (SSSR count). The molecule has 0 aliphatic carbocycles. The summed E-state index contributed by atoms with van der Waals surface area (Å²) in [6.45, 7) is 0. The van der Waals surface area contributed by atoms with Gasteiger partial charge in [-0.05, 0) is 17.7 Å². The van der Waals surface area contributed by atoms with Gasteiger partial charge in [0.05, 0.1) is 5.69 Å². The predicted molar refractivity (Wildman–Crippen MR) is 60.4 cm³/mol. The molecular formula is C11H11F3N2O2. The minimum absolute atomic E-state index is 0.0424. The van der Waals surface area contributed by atoms with Gasteiger partial charge in [-0.25, -0.2) is 0 Å². The summed E-state index contributed by atoms with van der Waals surface area (Å²) in [5.41, 5.74) is 10.7. The Balaban J connectivity index is 2.79. The number of halogens is 3. The number of nitrogens with two attached hydrogens (primary N) is 2. The van der Waals surface area contributed by atoms with Crippen molar-refractivity contribution in [2.75, 3.05) is 5.73 Å². The van der Waals surface area contributed by atoms with Gasteiger partial charge in [0, 0.05) is 6.42 Å². The third kappa shape index (κ3) is 4.77. The van der Waals surface area contributed by atoms with E-state index >= 15 is 0 Å². The summed E-state index contributed by atoms with van der Waals surface area (Å²) >= 11 is 0. The maximum atomic E-state index is 12.0. The van der Waals surface area contributed by atoms with E-state index in [0.717, 1.165) is 6.07 Å². The molecule has 1 amide bonds. The van der Waals surface area contributed by atoms with Gasteiger partial charge in [-0.1, -0.05) is 18.2 Å². The highest BCUT2D eigenvalue weighted by atomic mass is 19.4. The fourth-order valence-corrected chi connectivity index (χ4v) is 1.20. The van der Waals surface area contributed by atoms with Crippen LogP contribution in [0.3, 0.4) is 0 Å². The molecule has 4 N–H and O–H groups in total. The number of amides is 1. The summed E-state index contributed by atoms with van der Waals surface area (Å²) in [7, 11) is 0. The first-order valence-corrected chi connectivity index (χ1v) is 4.88. The number of hydrogen-bond donors (Lipinski definition) is 2. The summed E-state index contributed by atoms with van der Waals surface area (Å²) in [6.07, 6.45) is -1.72. The van der Waals surface area contributed by atoms with Crippen molar-refractivity contribution >= 4 is 17.7 Å². The molecular weight excluding hydrogens is 249 g/mol. The normalized spacial score (nSPS) is 11.7. The van der Waals surface area contributed by atoms with Crippen molar-refractivity contribution in [1.82, 2.24) is 0 Å². The molecule has 0 saturated carbocycles. The van der Waals surface area contributed by atoms with E-state index < -0.39 is 18.0 Å². The first-order chi connectivity index (χ1) is 8.28. The van der Waals surface area contributed by atoms with Crippen LogP contribution in [0, 0.1) is 0 Å². The van der Waals surface area contributed by atoms with Crippen LogP contribution in [-0.4, -0.2) is 12.3 Å². The molecule has 0 spiro atoms. The van der Waals surface area contributed by atoms with Crippen LogP contribution in [0.5, 0.6) is 5.75 Å². The number of benzene rings is 1. The number of hydrogen-bond acceptors (Lipinski definition) is 3. The first-order valence-electron chi connectivity index (χ1n) is 4.88. The largest absolute Gasteiger partial charge is 0.573 e. The molecule has 0 bridgehead atoms. The first kappa shape index (κ1) is 13.9. The van der Waals surface area contributed by atoms with Crippen LogP contribution >= 0.6 is 0 Å². The van der Waals surface area contributed by atoms with Gasteiger partial charge in [-0.2, -0.15) is 0 Å². The lowest BCUT2D eigenvalue weighted by Gasteiger charge is -2.11. The number of carbonyl (C=O) groups excluding carboxylic acids is 1. The summed E-state index contributed by atoms with van der Waals surface area (Å²) in [5.74, 6) is -0.967. The number of carbonyl (C=O) groups is 1. The van der Waals surface area contributed by atoms with Crippen molar-refractivity contribution in [2.24, 2.45) is 5.73 Å². The van der Waals surface area contributed by atoms with Crippen molar-refractivity contribution in [3.05, 3.63) is 29.8 Å². The van der Waals surface area contributed by atoms with Crippen LogP contribution < -0.4 is 16.2 Å². The Labute approximate surface area is 101 Å². The van der Waals surface area contributed by atoms with Crippen molar-refractivity contribution in [3.8, 4) is 5.75 Å². The average molecular weight is 260 g/mol. The number of ether oxygens (including phenoxy) is 1. The average Bonchev–Trinajstić information content (AvgIpc) is 2.19. The lowest BCUT2D eigenvalue weighted by atomic mass is 10.1. The third-order valence-corrected chi connectivity index (χ3v) is 1.89. The molecule has 0 unspecified atom stereocenters. The molecule has 7 heteroatoms. The molecule has 1 aromatic carbocycles. The molecule has 4 nitrogen and oxygen atoms in total. The van der Waals surface area contributed by atoms with Gasteiger partial charge in [-0.15, -0.1) is 13.2 Å². The van der Waals surface area contributed by atoms with E-state index in [9.17, 15) is 18.0 Å². The Kier molecular flexibility index (Phi) is 4.19. The van der Waals surface area contributed by atoms with Crippen molar-refractivity contribution in [2.45, 2.75) is 12.8 Å². The lowest BCUT2D eigenvalue weighted by Crippen LogP contribution is -2.18. The molecule has 0 fully saturated rings. The number of nitrogen functional groups attached to an aromatic ring is 1. The molecule has 98 valence electrons. The minimum Gasteiger partial charge on any atom is -0.404 e. The Morgan fingerprint density at radius 3 is 2.56 bits per heavy atom. The maximum Gasteiger partial charge on any atom is 0.573 e. The maximum absolute atomic E-state index is 12.0. The van der Waals surface area contributed by atoms with Crippen LogP contribution in [0.25, 0.3) is 6.08 Å². The molecule has 0 radical (unpaired) electrons. The summed E-state index contributed by atoms with van der Waals surface area (Å²) in [6, 6.07) is 3.79. The van der Waals surface area contributed by atoms with Crippen LogP contribution in [0.15, 0.2) is 24.3 Å². The Morgan fingerprint density at radius 2 is 2.06 bits per heavy atom. The number of anilines is 1. The van der Waals surface area contributed by atoms with E-state index in [1.165, 1.54) is 24.3 Å². The zero-order valence-corrected chi connectivity index (χ0v) is 9.20. The fourth-order valence-electron chi connectivity index (χ4n) is 1.20. The Bertz CT molecular complexity index is 470. The SMILES string of the molecule is NC(=O)CC=Cc1ccc(OC(F)(F)F)c(N)c1. The number of rotatable bonds is 4. The van der Waals surface area contributed by atoms with Crippen molar-refractivity contribution in [1.29, 1.82) is 0 Å². The van der Waals surface area contributed by atoms with Gasteiger partial charge >= 0.3 is 6.36 Å². The third-order valence-electron chi connectivity index (χ3n) is 1.89. The molecule has 0 heterocycles. The van der Waals surface area contributed by atoms with Crippen molar-refractivity contribution in [3.63, 3.8) is 0 Å². The fraction of sp³-hybridized carbons (Fsp3) is 0.182. The lowest BCUT2D eigenvalue weighted by molar-refractivity contribution is -0.274. The summed E-state index contributed by atoms with van der Waals surface area (Å²) in [5, 5.41) is 0. The topological polar surface area (TPSA) is 78.3 Å². The second-order valence-electron chi connectivity index (χ2n) is 3.42. The van der Waals surface area contributed by atoms with E-state index in [1.807, 2.05) is 0 Å². The molecule has 0 atom stereocenters. The second kappa shape index (κ2) is 5.44. The zero-order chi connectivity index (χ0) is 13.8. The van der Waals surface area contributed by atoms with Gasteiger partial charge in [0.15, 0.2) is 5.75 Å². The van der Waals surface area contributed by atoms with Crippen molar-refractivity contribution < 1.29 is 22.7 Å². The van der Waals surface area contributed by atoms with E-state index in [4.69, 9.17) is 11.5 Å². The summed E-state index contributed by atoms with van der Waals surface area (Å²) in [4.78, 5) is 10.5. The molecule has 0 saturated heterocycles. The predicted octanol–water partition coefficient (Wildman–Crippen LogP) is 2.06. The Morgan fingerprint density at radius 1 is 1.39 bits per heavy atom. The van der Waals surface area contributed by atoms with Crippen LogP contribution in [0.4, 0.5) is 18.9 Å². The molecule has 18 heavy (non-hydrogen) atoms. The van der Waals surface area contributed by atoms with Gasteiger partial charge in [0.1, 0.15) is 0 Å². The molecule has 0 aromatic heterocycles. The van der Waals surface area contributed by atoms with E-state index in [0.29, 0.717) is 5.56 Å². The highest BCUT2D eigenvalue weighted by Crippen LogP contribution is 2.29. The quantitative estimate of drug-likeness (QED) is 0.813. The highest BCUT2D eigenvalue weighted by Gasteiger charge is 2.31. The van der Waals surface area contributed by atoms with Gasteiger partial charge in [0.2, 0.25) is 5.91 Å². The number of primary amides is 1. The monoisotopic (exact) mass is 260 g/mol. The minimum atomic E-state index is -4.78. The molecule has 0 aliphatic heterocycles. The second-order valence-corrected chi connectivity index (χ2v) is 3.42. The van der Waals surface area contributed by atoms with Gasteiger partial charge in [0.25, 0.3) is 0 Å². The molecule has 0 aliphatic rings. The van der Waals surface area contributed by atoms with E-state index in [2.05, 4.69) is 4.74 Å². The van der Waals surface area contributed by atoms with E-state index in [1.54, 1.807) is 0 Å². The van der Waals surface area contributed by atoms with Crippen LogP contribution in [-0.2, 0) is 4.79 Å². The van der Waals surface area contributed by atoms with Gasteiger partial charge < -0.3 is 16.2 Å². The standard InChI is InChI=1S/C11H11F3N2O2/c12-11(13,14)18-9-5-4-7(6-8(9)15)2-1-3-10(16)17/h1-2,4-6H,3,15H2,(H2,16,17).